The Balaban J connectivity index is 1.94. The van der Waals surface area contributed by atoms with Crippen molar-refractivity contribution in [3.8, 4) is 5.75 Å². The van der Waals surface area contributed by atoms with Gasteiger partial charge in [0.2, 0.25) is 0 Å². The number of hydrogen-bond donors (Lipinski definition) is 2. The van der Waals surface area contributed by atoms with Gasteiger partial charge in [0, 0.05) is 0 Å². The fraction of sp³-hybridized carbons (Fsp3) is 0.625. The van der Waals surface area contributed by atoms with Crippen LogP contribution in [0.3, 0.4) is 0 Å². The molecule has 1 aliphatic rings. The fourth-order valence-electron chi connectivity index (χ4n) is 2.62. The first kappa shape index (κ1) is 14.4. The first-order chi connectivity index (χ1) is 9.20. The summed E-state index contributed by atoms with van der Waals surface area (Å²) < 4.78 is 5.80. The van der Waals surface area contributed by atoms with E-state index in [0.717, 1.165) is 17.9 Å². The van der Waals surface area contributed by atoms with Crippen LogP contribution in [-0.2, 0) is 0 Å². The Morgan fingerprint density at radius 1 is 1.26 bits per heavy atom. The van der Waals surface area contributed by atoms with E-state index in [9.17, 15) is 10.2 Å². The molecule has 1 aliphatic carbocycles. The second kappa shape index (κ2) is 6.92. The number of rotatable bonds is 6. The molecule has 0 saturated heterocycles. The van der Waals surface area contributed by atoms with E-state index in [1.165, 1.54) is 25.7 Å². The van der Waals surface area contributed by atoms with E-state index in [4.69, 9.17) is 4.74 Å². The Labute approximate surface area is 115 Å². The third-order valence-electron chi connectivity index (χ3n) is 3.94. The molecule has 2 N–H and O–H groups in total. The van der Waals surface area contributed by atoms with Gasteiger partial charge in [-0.05, 0) is 42.9 Å². The van der Waals surface area contributed by atoms with Gasteiger partial charge in [-0.15, -0.1) is 0 Å². The predicted molar refractivity (Wildman–Crippen MR) is 75.2 cm³/mol. The van der Waals surface area contributed by atoms with E-state index in [2.05, 4.69) is 0 Å². The van der Waals surface area contributed by atoms with Gasteiger partial charge in [-0.25, -0.2) is 0 Å². The quantitative estimate of drug-likeness (QED) is 0.830. The molecular weight excluding hydrogens is 240 g/mol. The van der Waals surface area contributed by atoms with Crippen LogP contribution in [0, 0.1) is 5.92 Å². The molecule has 0 bridgehead atoms. The van der Waals surface area contributed by atoms with Crippen LogP contribution in [0.15, 0.2) is 24.3 Å². The summed E-state index contributed by atoms with van der Waals surface area (Å²) in [6.45, 7) is 2.62. The van der Waals surface area contributed by atoms with Crippen LogP contribution in [0.4, 0.5) is 0 Å². The first-order valence-corrected chi connectivity index (χ1v) is 7.29. The Hall–Kier alpha value is -1.06. The highest BCUT2D eigenvalue weighted by Gasteiger charge is 2.18. The molecule has 19 heavy (non-hydrogen) atoms. The van der Waals surface area contributed by atoms with Gasteiger partial charge in [0.25, 0.3) is 0 Å². The highest BCUT2D eigenvalue weighted by Crippen LogP contribution is 2.27. The molecule has 2 atom stereocenters. The number of aliphatic hydroxyl groups is 2. The van der Waals surface area contributed by atoms with Crippen molar-refractivity contribution in [2.75, 3.05) is 6.61 Å². The van der Waals surface area contributed by atoms with Gasteiger partial charge in [0.15, 0.2) is 0 Å². The Bertz CT molecular complexity index is 385. The fourth-order valence-corrected chi connectivity index (χ4v) is 2.62. The molecule has 106 valence electrons. The van der Waals surface area contributed by atoms with Crippen LogP contribution in [0.2, 0.25) is 0 Å². The van der Waals surface area contributed by atoms with Gasteiger partial charge in [-0.2, -0.15) is 0 Å². The molecule has 3 heteroatoms. The monoisotopic (exact) mass is 264 g/mol. The molecule has 0 amide bonds. The highest BCUT2D eigenvalue weighted by molar-refractivity contribution is 5.30. The van der Waals surface area contributed by atoms with Gasteiger partial charge in [-0.3, -0.25) is 0 Å². The van der Waals surface area contributed by atoms with Gasteiger partial charge in [0.05, 0.1) is 12.7 Å². The van der Waals surface area contributed by atoms with Crippen LogP contribution in [0.1, 0.15) is 50.7 Å². The topological polar surface area (TPSA) is 49.7 Å². The Morgan fingerprint density at radius 2 is 2.00 bits per heavy atom. The largest absolute Gasteiger partial charge is 0.493 e. The molecule has 0 spiro atoms. The van der Waals surface area contributed by atoms with Gasteiger partial charge >= 0.3 is 0 Å². The molecule has 3 nitrogen and oxygen atoms in total. The smallest absolute Gasteiger partial charge is 0.119 e. The number of aliphatic hydroxyl groups excluding tert-OH is 2. The van der Waals surface area contributed by atoms with Crippen LogP contribution < -0.4 is 4.74 Å². The maximum absolute atomic E-state index is 9.99. The number of ether oxygens (including phenoxy) is 1. The van der Waals surface area contributed by atoms with Crippen molar-refractivity contribution in [2.24, 2.45) is 5.92 Å². The lowest BCUT2D eigenvalue weighted by Gasteiger charge is -2.18. The second-order valence-electron chi connectivity index (χ2n) is 5.45. The second-order valence-corrected chi connectivity index (χ2v) is 5.45. The SMILES string of the molecule is CC[C@@H](O)[C@@H](O)c1cccc(OCC2CCCC2)c1. The molecule has 1 fully saturated rings. The predicted octanol–water partition coefficient (Wildman–Crippen LogP) is 3.06. The minimum absolute atomic E-state index is 0.536. The van der Waals surface area contributed by atoms with E-state index in [1.54, 1.807) is 0 Å². The average molecular weight is 264 g/mol. The first-order valence-electron chi connectivity index (χ1n) is 7.29. The summed E-state index contributed by atoms with van der Waals surface area (Å²) in [6.07, 6.45) is 4.14. The Kier molecular flexibility index (Phi) is 5.23. The van der Waals surface area contributed by atoms with Crippen molar-refractivity contribution in [2.45, 2.75) is 51.2 Å². The van der Waals surface area contributed by atoms with Crippen LogP contribution in [0.25, 0.3) is 0 Å². The minimum Gasteiger partial charge on any atom is -0.493 e. The van der Waals surface area contributed by atoms with Crippen molar-refractivity contribution >= 4 is 0 Å². The molecule has 1 aromatic carbocycles. The molecule has 1 aromatic rings. The average Bonchev–Trinajstić information content (AvgIpc) is 2.97. The number of hydrogen-bond acceptors (Lipinski definition) is 3. The third kappa shape index (κ3) is 3.95. The Morgan fingerprint density at radius 3 is 2.68 bits per heavy atom. The summed E-state index contributed by atoms with van der Waals surface area (Å²) in [4.78, 5) is 0. The van der Waals surface area contributed by atoms with Crippen molar-refractivity contribution in [3.05, 3.63) is 29.8 Å². The van der Waals surface area contributed by atoms with Gasteiger partial charge < -0.3 is 14.9 Å². The third-order valence-corrected chi connectivity index (χ3v) is 3.94. The zero-order valence-corrected chi connectivity index (χ0v) is 11.6. The highest BCUT2D eigenvalue weighted by atomic mass is 16.5. The van der Waals surface area contributed by atoms with E-state index >= 15 is 0 Å². The molecule has 0 aromatic heterocycles. The molecular formula is C16H24O3. The summed E-state index contributed by atoms with van der Waals surface area (Å²) in [5.74, 6) is 1.46. The van der Waals surface area contributed by atoms with Crippen molar-refractivity contribution < 1.29 is 14.9 Å². The maximum Gasteiger partial charge on any atom is 0.119 e. The minimum atomic E-state index is -0.833. The standard InChI is InChI=1S/C16H24O3/c1-2-15(17)16(18)13-8-5-9-14(10-13)19-11-12-6-3-4-7-12/h5,8-10,12,15-18H,2-4,6-7,11H2,1H3/t15-,16+/m1/s1. The summed E-state index contributed by atoms with van der Waals surface area (Å²) in [7, 11) is 0. The van der Waals surface area contributed by atoms with Gasteiger partial charge in [0.1, 0.15) is 11.9 Å². The summed E-state index contributed by atoms with van der Waals surface area (Å²) in [6, 6.07) is 7.43. The van der Waals surface area contributed by atoms with E-state index in [1.807, 2.05) is 31.2 Å². The molecule has 0 aliphatic heterocycles. The van der Waals surface area contributed by atoms with Crippen molar-refractivity contribution in [3.63, 3.8) is 0 Å². The summed E-state index contributed by atoms with van der Waals surface area (Å²) in [5, 5.41) is 19.7. The van der Waals surface area contributed by atoms with Crippen LogP contribution in [-0.4, -0.2) is 22.9 Å². The lowest BCUT2D eigenvalue weighted by Crippen LogP contribution is -2.17. The number of benzene rings is 1. The lowest BCUT2D eigenvalue weighted by molar-refractivity contribution is 0.0163. The van der Waals surface area contributed by atoms with Crippen LogP contribution >= 0.6 is 0 Å². The zero-order valence-electron chi connectivity index (χ0n) is 11.6. The van der Waals surface area contributed by atoms with Crippen molar-refractivity contribution in [1.82, 2.24) is 0 Å². The molecule has 0 heterocycles. The normalized spacial score (nSPS) is 19.3. The zero-order chi connectivity index (χ0) is 13.7. The molecule has 0 radical (unpaired) electrons. The van der Waals surface area contributed by atoms with Crippen LogP contribution in [0.5, 0.6) is 5.75 Å². The molecule has 2 rings (SSSR count). The van der Waals surface area contributed by atoms with E-state index < -0.39 is 12.2 Å². The molecule has 0 unspecified atom stereocenters. The summed E-state index contributed by atoms with van der Waals surface area (Å²) in [5.41, 5.74) is 0.721. The van der Waals surface area contributed by atoms with Gasteiger partial charge in [-0.1, -0.05) is 31.9 Å². The summed E-state index contributed by atoms with van der Waals surface area (Å²) >= 11 is 0. The van der Waals surface area contributed by atoms with Crippen molar-refractivity contribution in [1.29, 1.82) is 0 Å². The van der Waals surface area contributed by atoms with E-state index in [-0.39, 0.29) is 0 Å². The van der Waals surface area contributed by atoms with E-state index in [0.29, 0.717) is 12.3 Å². The maximum atomic E-state index is 9.99. The lowest BCUT2D eigenvalue weighted by atomic mass is 10.0. The molecule has 1 saturated carbocycles.